The van der Waals surface area contributed by atoms with Crippen LogP contribution >= 0.6 is 15.9 Å². The Morgan fingerprint density at radius 3 is 2.85 bits per heavy atom. The summed E-state index contributed by atoms with van der Waals surface area (Å²) in [6, 6.07) is 0. The molecule has 0 atom stereocenters. The first-order valence-electron chi connectivity index (χ1n) is 4.19. The lowest BCUT2D eigenvalue weighted by Gasteiger charge is -2.41. The van der Waals surface area contributed by atoms with Gasteiger partial charge in [-0.1, -0.05) is 0 Å². The van der Waals surface area contributed by atoms with E-state index in [4.69, 9.17) is 4.74 Å². The van der Waals surface area contributed by atoms with E-state index < -0.39 is 0 Å². The highest BCUT2D eigenvalue weighted by Gasteiger charge is 2.37. The molecule has 4 nitrogen and oxygen atoms in total. The third-order valence-electron chi connectivity index (χ3n) is 2.49. The first-order valence-corrected chi connectivity index (χ1v) is 4.99. The Balaban J connectivity index is 2.08. The summed E-state index contributed by atoms with van der Waals surface area (Å²) >= 11 is 3.43. The van der Waals surface area contributed by atoms with Gasteiger partial charge in [0.2, 0.25) is 0 Å². The number of nitrogens with zero attached hydrogens (tertiary/aromatic N) is 1. The van der Waals surface area contributed by atoms with E-state index >= 15 is 0 Å². The number of rotatable bonds is 3. The summed E-state index contributed by atoms with van der Waals surface area (Å²) in [5.41, 5.74) is 1.07. The fraction of sp³-hybridized carbons (Fsp3) is 0.625. The highest BCUT2D eigenvalue weighted by Crippen LogP contribution is 2.24. The second-order valence-corrected chi connectivity index (χ2v) is 4.22. The standard InChI is InChI=1S/C8H12BrN3O/c1-13-8(4-10-5-8)2-7-6(9)3-11-12-7/h3,10H,2,4-5H2,1H3,(H,11,12). The summed E-state index contributed by atoms with van der Waals surface area (Å²) < 4.78 is 6.49. The van der Waals surface area contributed by atoms with Gasteiger partial charge in [-0.05, 0) is 15.9 Å². The Morgan fingerprint density at radius 2 is 2.46 bits per heavy atom. The fourth-order valence-corrected chi connectivity index (χ4v) is 1.82. The molecule has 0 radical (unpaired) electrons. The van der Waals surface area contributed by atoms with E-state index in [0.29, 0.717) is 0 Å². The monoisotopic (exact) mass is 245 g/mol. The number of aromatic nitrogens is 2. The average molecular weight is 246 g/mol. The molecule has 0 spiro atoms. The van der Waals surface area contributed by atoms with Crippen LogP contribution in [-0.4, -0.2) is 36.0 Å². The van der Waals surface area contributed by atoms with E-state index in [2.05, 4.69) is 31.4 Å². The van der Waals surface area contributed by atoms with Gasteiger partial charge in [-0.3, -0.25) is 5.10 Å². The number of methoxy groups -OCH3 is 1. The molecular weight excluding hydrogens is 234 g/mol. The Labute approximate surface area is 85.2 Å². The second kappa shape index (κ2) is 3.40. The van der Waals surface area contributed by atoms with Crippen molar-refractivity contribution < 1.29 is 4.74 Å². The molecule has 1 aromatic rings. The van der Waals surface area contributed by atoms with Crippen molar-refractivity contribution in [2.75, 3.05) is 20.2 Å². The number of halogens is 1. The van der Waals surface area contributed by atoms with E-state index in [9.17, 15) is 0 Å². The molecule has 0 unspecified atom stereocenters. The molecule has 2 heterocycles. The van der Waals surface area contributed by atoms with Crippen molar-refractivity contribution in [2.24, 2.45) is 0 Å². The number of hydrogen-bond donors (Lipinski definition) is 2. The number of aromatic amines is 1. The van der Waals surface area contributed by atoms with E-state index in [-0.39, 0.29) is 5.60 Å². The molecule has 0 bridgehead atoms. The van der Waals surface area contributed by atoms with Crippen LogP contribution in [0.3, 0.4) is 0 Å². The minimum atomic E-state index is -0.0327. The van der Waals surface area contributed by atoms with E-state index in [1.807, 2.05) is 0 Å². The van der Waals surface area contributed by atoms with Gasteiger partial charge in [-0.2, -0.15) is 5.10 Å². The number of nitrogens with one attached hydrogen (secondary N) is 2. The molecule has 1 saturated heterocycles. The van der Waals surface area contributed by atoms with Crippen LogP contribution < -0.4 is 5.32 Å². The summed E-state index contributed by atoms with van der Waals surface area (Å²) in [4.78, 5) is 0. The molecule has 0 aliphatic carbocycles. The summed E-state index contributed by atoms with van der Waals surface area (Å²) in [5.74, 6) is 0. The summed E-state index contributed by atoms with van der Waals surface area (Å²) in [6.45, 7) is 1.82. The van der Waals surface area contributed by atoms with Crippen molar-refractivity contribution in [1.82, 2.24) is 15.5 Å². The molecular formula is C8H12BrN3O. The van der Waals surface area contributed by atoms with Crippen molar-refractivity contribution >= 4 is 15.9 Å². The van der Waals surface area contributed by atoms with Crippen molar-refractivity contribution in [3.63, 3.8) is 0 Å². The third-order valence-corrected chi connectivity index (χ3v) is 3.18. The van der Waals surface area contributed by atoms with Gasteiger partial charge in [0.1, 0.15) is 0 Å². The predicted octanol–water partition coefficient (Wildman–Crippen LogP) is 0.703. The maximum Gasteiger partial charge on any atom is 0.0981 e. The van der Waals surface area contributed by atoms with Crippen LogP contribution in [0.25, 0.3) is 0 Å². The van der Waals surface area contributed by atoms with Gasteiger partial charge in [0.15, 0.2) is 0 Å². The highest BCUT2D eigenvalue weighted by molar-refractivity contribution is 9.10. The molecule has 13 heavy (non-hydrogen) atoms. The fourth-order valence-electron chi connectivity index (χ4n) is 1.49. The number of H-pyrrole nitrogens is 1. The molecule has 1 fully saturated rings. The molecule has 2 N–H and O–H groups in total. The molecule has 0 amide bonds. The number of ether oxygens (including phenoxy) is 1. The Hall–Kier alpha value is -0.390. The van der Waals surface area contributed by atoms with Gasteiger partial charge in [0.25, 0.3) is 0 Å². The van der Waals surface area contributed by atoms with Crippen LogP contribution in [0.4, 0.5) is 0 Å². The topological polar surface area (TPSA) is 49.9 Å². The van der Waals surface area contributed by atoms with Crippen LogP contribution in [0.2, 0.25) is 0 Å². The highest BCUT2D eigenvalue weighted by atomic mass is 79.9. The molecule has 0 saturated carbocycles. The van der Waals surface area contributed by atoms with Crippen LogP contribution in [0.15, 0.2) is 10.7 Å². The maximum absolute atomic E-state index is 5.47. The van der Waals surface area contributed by atoms with Crippen LogP contribution in [0.5, 0.6) is 0 Å². The minimum Gasteiger partial charge on any atom is -0.375 e. The summed E-state index contributed by atoms with van der Waals surface area (Å²) in [5, 5.41) is 10.1. The number of hydrogen-bond acceptors (Lipinski definition) is 3. The third kappa shape index (κ3) is 1.63. The summed E-state index contributed by atoms with van der Waals surface area (Å²) in [6.07, 6.45) is 2.64. The Kier molecular flexibility index (Phi) is 2.40. The lowest BCUT2D eigenvalue weighted by atomic mass is 9.91. The van der Waals surface area contributed by atoms with E-state index in [1.165, 1.54) is 0 Å². The van der Waals surface area contributed by atoms with Crippen molar-refractivity contribution in [3.05, 3.63) is 16.4 Å². The maximum atomic E-state index is 5.47. The Bertz CT molecular complexity index is 290. The zero-order chi connectivity index (χ0) is 9.31. The van der Waals surface area contributed by atoms with Gasteiger partial charge in [-0.15, -0.1) is 0 Å². The minimum absolute atomic E-state index is 0.0327. The molecule has 0 aromatic carbocycles. The largest absolute Gasteiger partial charge is 0.375 e. The molecule has 1 aliphatic rings. The molecule has 1 aliphatic heterocycles. The van der Waals surface area contributed by atoms with E-state index in [0.717, 1.165) is 29.7 Å². The van der Waals surface area contributed by atoms with E-state index in [1.54, 1.807) is 13.3 Å². The van der Waals surface area contributed by atoms with Gasteiger partial charge < -0.3 is 10.1 Å². The van der Waals surface area contributed by atoms with Crippen LogP contribution in [-0.2, 0) is 11.2 Å². The van der Waals surface area contributed by atoms with Gasteiger partial charge in [-0.25, -0.2) is 0 Å². The molecule has 1 aromatic heterocycles. The quantitative estimate of drug-likeness (QED) is 0.825. The van der Waals surface area contributed by atoms with Crippen molar-refractivity contribution in [2.45, 2.75) is 12.0 Å². The Morgan fingerprint density at radius 1 is 1.69 bits per heavy atom. The first-order chi connectivity index (χ1) is 6.26. The molecule has 5 heteroatoms. The molecule has 72 valence electrons. The average Bonchev–Trinajstić information content (AvgIpc) is 2.44. The lowest BCUT2D eigenvalue weighted by Crippen LogP contribution is -2.62. The SMILES string of the molecule is COC1(Cc2[nH]ncc2Br)CNC1. The summed E-state index contributed by atoms with van der Waals surface area (Å²) in [7, 11) is 1.76. The van der Waals surface area contributed by atoms with Crippen LogP contribution in [0.1, 0.15) is 5.69 Å². The lowest BCUT2D eigenvalue weighted by molar-refractivity contribution is -0.0509. The van der Waals surface area contributed by atoms with Crippen molar-refractivity contribution in [3.8, 4) is 0 Å². The van der Waals surface area contributed by atoms with Gasteiger partial charge in [0.05, 0.1) is 22.0 Å². The first kappa shape index (κ1) is 9.18. The van der Waals surface area contributed by atoms with Gasteiger partial charge >= 0.3 is 0 Å². The predicted molar refractivity (Wildman–Crippen MR) is 52.6 cm³/mol. The molecule has 2 rings (SSSR count). The van der Waals surface area contributed by atoms with Gasteiger partial charge in [0, 0.05) is 26.6 Å². The zero-order valence-corrected chi connectivity index (χ0v) is 9.02. The second-order valence-electron chi connectivity index (χ2n) is 3.36. The zero-order valence-electron chi connectivity index (χ0n) is 7.43. The normalized spacial score (nSPS) is 19.8. The van der Waals surface area contributed by atoms with Crippen molar-refractivity contribution in [1.29, 1.82) is 0 Å². The van der Waals surface area contributed by atoms with Crippen LogP contribution in [0, 0.1) is 0 Å². The smallest absolute Gasteiger partial charge is 0.0981 e.